The lowest BCUT2D eigenvalue weighted by Gasteiger charge is -2.22. The SMILES string of the molecule is CC(C)[C@H](NCC(=O)Nc1ccc(F)c(F)c1)c1ccc(F)cc1. The fourth-order valence-electron chi connectivity index (χ4n) is 2.39. The first-order valence-electron chi connectivity index (χ1n) is 7.60. The van der Waals surface area contributed by atoms with E-state index in [0.717, 1.165) is 17.7 Å². The molecule has 2 rings (SSSR count). The maximum absolute atomic E-state index is 13.1. The third-order valence-electron chi connectivity index (χ3n) is 3.58. The van der Waals surface area contributed by atoms with Gasteiger partial charge in [-0.05, 0) is 35.7 Å². The molecule has 0 saturated heterocycles. The average molecular weight is 336 g/mol. The second kappa shape index (κ2) is 7.97. The summed E-state index contributed by atoms with van der Waals surface area (Å²) in [5.41, 5.74) is 1.05. The van der Waals surface area contributed by atoms with Crippen LogP contribution in [0.25, 0.3) is 0 Å². The van der Waals surface area contributed by atoms with Crippen LogP contribution in [0.3, 0.4) is 0 Å². The van der Waals surface area contributed by atoms with Crippen LogP contribution in [0.5, 0.6) is 0 Å². The van der Waals surface area contributed by atoms with Crippen molar-refractivity contribution in [2.75, 3.05) is 11.9 Å². The van der Waals surface area contributed by atoms with Crippen molar-refractivity contribution in [1.29, 1.82) is 0 Å². The summed E-state index contributed by atoms with van der Waals surface area (Å²) in [5, 5.41) is 5.60. The van der Waals surface area contributed by atoms with Gasteiger partial charge in [-0.15, -0.1) is 0 Å². The molecule has 0 saturated carbocycles. The first-order chi connectivity index (χ1) is 11.4. The number of nitrogens with one attached hydrogen (secondary N) is 2. The molecule has 2 aromatic rings. The van der Waals surface area contributed by atoms with E-state index in [9.17, 15) is 18.0 Å². The van der Waals surface area contributed by atoms with Gasteiger partial charge in [0.2, 0.25) is 5.91 Å². The minimum Gasteiger partial charge on any atom is -0.325 e. The first-order valence-corrected chi connectivity index (χ1v) is 7.60. The van der Waals surface area contributed by atoms with Gasteiger partial charge < -0.3 is 10.6 Å². The Morgan fingerprint density at radius 2 is 1.67 bits per heavy atom. The Labute approximate surface area is 138 Å². The van der Waals surface area contributed by atoms with Crippen LogP contribution in [0.4, 0.5) is 18.9 Å². The fourth-order valence-corrected chi connectivity index (χ4v) is 2.39. The second-order valence-corrected chi connectivity index (χ2v) is 5.83. The number of anilines is 1. The van der Waals surface area contributed by atoms with Crippen LogP contribution in [0.15, 0.2) is 42.5 Å². The van der Waals surface area contributed by atoms with Crippen LogP contribution < -0.4 is 10.6 Å². The summed E-state index contributed by atoms with van der Waals surface area (Å²) in [6, 6.07) is 9.10. The van der Waals surface area contributed by atoms with Crippen molar-refractivity contribution in [2.24, 2.45) is 5.92 Å². The van der Waals surface area contributed by atoms with E-state index >= 15 is 0 Å². The summed E-state index contributed by atoms with van der Waals surface area (Å²) in [6.07, 6.45) is 0. The number of carbonyl (C=O) groups excluding carboxylic acids is 1. The Morgan fingerprint density at radius 3 is 2.25 bits per heavy atom. The van der Waals surface area contributed by atoms with Gasteiger partial charge in [-0.2, -0.15) is 0 Å². The molecule has 0 bridgehead atoms. The van der Waals surface area contributed by atoms with Gasteiger partial charge in [0.1, 0.15) is 5.82 Å². The van der Waals surface area contributed by atoms with Gasteiger partial charge in [0.15, 0.2) is 11.6 Å². The molecule has 0 unspecified atom stereocenters. The highest BCUT2D eigenvalue weighted by molar-refractivity contribution is 5.92. The Morgan fingerprint density at radius 1 is 1.00 bits per heavy atom. The third kappa shape index (κ3) is 4.83. The van der Waals surface area contributed by atoms with E-state index in [0.29, 0.717) is 0 Å². The van der Waals surface area contributed by atoms with Gasteiger partial charge in [0.05, 0.1) is 6.54 Å². The number of benzene rings is 2. The highest BCUT2D eigenvalue weighted by Gasteiger charge is 2.17. The molecular formula is C18H19F3N2O. The molecule has 0 spiro atoms. The number of halogens is 3. The Hall–Kier alpha value is -2.34. The lowest BCUT2D eigenvalue weighted by molar-refractivity contribution is -0.115. The monoisotopic (exact) mass is 336 g/mol. The van der Waals surface area contributed by atoms with Gasteiger partial charge in [-0.1, -0.05) is 26.0 Å². The van der Waals surface area contributed by atoms with E-state index in [2.05, 4.69) is 10.6 Å². The fraction of sp³-hybridized carbons (Fsp3) is 0.278. The Bertz CT molecular complexity index is 702. The third-order valence-corrected chi connectivity index (χ3v) is 3.58. The zero-order valence-corrected chi connectivity index (χ0v) is 13.4. The lowest BCUT2D eigenvalue weighted by atomic mass is 9.96. The minimum atomic E-state index is -1.02. The number of carbonyl (C=O) groups is 1. The molecule has 128 valence electrons. The average Bonchev–Trinajstić information content (AvgIpc) is 2.52. The Kier molecular flexibility index (Phi) is 5.98. The quantitative estimate of drug-likeness (QED) is 0.836. The summed E-state index contributed by atoms with van der Waals surface area (Å²) >= 11 is 0. The van der Waals surface area contributed by atoms with Crippen LogP contribution in [0.1, 0.15) is 25.5 Å². The molecule has 0 aliphatic carbocycles. The molecule has 0 fully saturated rings. The normalized spacial score (nSPS) is 12.2. The van der Waals surface area contributed by atoms with Crippen molar-refractivity contribution < 1.29 is 18.0 Å². The molecule has 0 aliphatic heterocycles. The molecule has 3 nitrogen and oxygen atoms in total. The van der Waals surface area contributed by atoms with Crippen LogP contribution in [0.2, 0.25) is 0 Å². The second-order valence-electron chi connectivity index (χ2n) is 5.83. The van der Waals surface area contributed by atoms with Crippen molar-refractivity contribution in [3.8, 4) is 0 Å². The predicted molar refractivity (Wildman–Crippen MR) is 87.0 cm³/mol. The van der Waals surface area contributed by atoms with E-state index in [1.165, 1.54) is 18.2 Å². The van der Waals surface area contributed by atoms with Gasteiger partial charge in [-0.3, -0.25) is 4.79 Å². The van der Waals surface area contributed by atoms with E-state index in [4.69, 9.17) is 0 Å². The van der Waals surface area contributed by atoms with Crippen molar-refractivity contribution in [3.63, 3.8) is 0 Å². The molecule has 2 aromatic carbocycles. The van der Waals surface area contributed by atoms with E-state index in [1.54, 1.807) is 12.1 Å². The van der Waals surface area contributed by atoms with E-state index < -0.39 is 11.6 Å². The zero-order valence-electron chi connectivity index (χ0n) is 13.4. The molecule has 2 N–H and O–H groups in total. The molecule has 0 radical (unpaired) electrons. The largest absolute Gasteiger partial charge is 0.325 e. The first kappa shape index (κ1) is 18.0. The van der Waals surface area contributed by atoms with Crippen molar-refractivity contribution in [3.05, 3.63) is 65.5 Å². The number of amides is 1. The molecule has 6 heteroatoms. The highest BCUT2D eigenvalue weighted by atomic mass is 19.2. The molecule has 1 amide bonds. The molecule has 24 heavy (non-hydrogen) atoms. The summed E-state index contributed by atoms with van der Waals surface area (Å²) in [7, 11) is 0. The zero-order chi connectivity index (χ0) is 17.7. The summed E-state index contributed by atoms with van der Waals surface area (Å²) in [5.74, 6) is -2.52. The Balaban J connectivity index is 1.97. The smallest absolute Gasteiger partial charge is 0.238 e. The number of hydrogen-bond acceptors (Lipinski definition) is 2. The van der Waals surface area contributed by atoms with E-state index in [-0.39, 0.29) is 35.9 Å². The standard InChI is InChI=1S/C18H19F3N2O/c1-11(2)18(12-3-5-13(19)6-4-12)22-10-17(24)23-14-7-8-15(20)16(21)9-14/h3-9,11,18,22H,10H2,1-2H3,(H,23,24)/t18-/m0/s1. The van der Waals surface area contributed by atoms with Gasteiger partial charge in [-0.25, -0.2) is 13.2 Å². The molecule has 0 aromatic heterocycles. The van der Waals surface area contributed by atoms with Gasteiger partial charge in [0.25, 0.3) is 0 Å². The summed E-state index contributed by atoms with van der Waals surface area (Å²) in [4.78, 5) is 12.0. The van der Waals surface area contributed by atoms with Crippen LogP contribution in [0, 0.1) is 23.4 Å². The molecular weight excluding hydrogens is 317 g/mol. The van der Waals surface area contributed by atoms with Crippen LogP contribution in [-0.4, -0.2) is 12.5 Å². The van der Waals surface area contributed by atoms with Crippen molar-refractivity contribution >= 4 is 11.6 Å². The van der Waals surface area contributed by atoms with Crippen molar-refractivity contribution in [1.82, 2.24) is 5.32 Å². The van der Waals surface area contributed by atoms with E-state index in [1.807, 2.05) is 13.8 Å². The lowest BCUT2D eigenvalue weighted by Crippen LogP contribution is -2.33. The summed E-state index contributed by atoms with van der Waals surface area (Å²) in [6.45, 7) is 3.95. The number of hydrogen-bond donors (Lipinski definition) is 2. The maximum Gasteiger partial charge on any atom is 0.238 e. The van der Waals surface area contributed by atoms with Crippen molar-refractivity contribution in [2.45, 2.75) is 19.9 Å². The van der Waals surface area contributed by atoms with Crippen LogP contribution >= 0.6 is 0 Å². The van der Waals surface area contributed by atoms with Gasteiger partial charge in [0, 0.05) is 17.8 Å². The highest BCUT2D eigenvalue weighted by Crippen LogP contribution is 2.21. The molecule has 1 atom stereocenters. The minimum absolute atomic E-state index is 0.0147. The topological polar surface area (TPSA) is 41.1 Å². The maximum atomic E-state index is 13.1. The van der Waals surface area contributed by atoms with Gasteiger partial charge >= 0.3 is 0 Å². The molecule has 0 aliphatic rings. The number of rotatable bonds is 6. The predicted octanol–water partition coefficient (Wildman–Crippen LogP) is 4.03. The molecule has 0 heterocycles. The van der Waals surface area contributed by atoms with Crippen LogP contribution in [-0.2, 0) is 4.79 Å². The summed E-state index contributed by atoms with van der Waals surface area (Å²) < 4.78 is 39.0.